The van der Waals surface area contributed by atoms with Gasteiger partial charge in [-0.1, -0.05) is 118 Å². The molecule has 2 unspecified atom stereocenters. The quantitative estimate of drug-likeness (QED) is 0.267. The zero-order chi connectivity index (χ0) is 16.0. The fourth-order valence-electron chi connectivity index (χ4n) is 3.46. The van der Waals surface area contributed by atoms with Crippen LogP contribution in [0, 0.1) is 11.3 Å². The maximum Gasteiger partial charge on any atom is -0.0303 e. The van der Waals surface area contributed by atoms with Gasteiger partial charge in [0.25, 0.3) is 0 Å². The summed E-state index contributed by atoms with van der Waals surface area (Å²) in [5.41, 5.74) is 0.591. The summed E-state index contributed by atoms with van der Waals surface area (Å²) >= 11 is 0. The number of hydrogen-bond acceptors (Lipinski definition) is 0. The van der Waals surface area contributed by atoms with Crippen molar-refractivity contribution in [1.29, 1.82) is 0 Å². The Morgan fingerprint density at radius 2 is 1.10 bits per heavy atom. The van der Waals surface area contributed by atoms with Crippen LogP contribution in [0.15, 0.2) is 0 Å². The molecule has 0 aromatic heterocycles. The van der Waals surface area contributed by atoms with E-state index < -0.39 is 0 Å². The molecule has 0 radical (unpaired) electrons. The molecule has 0 saturated carbocycles. The molecule has 0 aliphatic rings. The van der Waals surface area contributed by atoms with Crippen molar-refractivity contribution in [3.05, 3.63) is 0 Å². The van der Waals surface area contributed by atoms with Crippen LogP contribution in [0.1, 0.15) is 125 Å². The van der Waals surface area contributed by atoms with Crippen molar-refractivity contribution in [3.8, 4) is 0 Å². The second kappa shape index (κ2) is 13.6. The van der Waals surface area contributed by atoms with E-state index in [0.29, 0.717) is 5.41 Å². The summed E-state index contributed by atoms with van der Waals surface area (Å²) in [7, 11) is 0. The molecule has 0 aromatic rings. The first kappa shape index (κ1) is 21.0. The molecule has 0 nitrogen and oxygen atoms in total. The fraction of sp³-hybridized carbons (Fsp3) is 1.00. The van der Waals surface area contributed by atoms with Crippen LogP contribution in [-0.2, 0) is 0 Å². The van der Waals surface area contributed by atoms with Crippen LogP contribution < -0.4 is 0 Å². The topological polar surface area (TPSA) is 0 Å². The SMILES string of the molecule is CCCCCCCCCCCCCC(C)(CC)C(C)CC. The van der Waals surface area contributed by atoms with Gasteiger partial charge in [-0.2, -0.15) is 0 Å². The maximum absolute atomic E-state index is 2.51. The van der Waals surface area contributed by atoms with E-state index in [4.69, 9.17) is 0 Å². The Balaban J connectivity index is 3.43. The molecular formula is C21H44. The first-order valence-corrected chi connectivity index (χ1v) is 10.1. The molecule has 128 valence electrons. The molecule has 0 aliphatic heterocycles. The number of hydrogen-bond donors (Lipinski definition) is 0. The van der Waals surface area contributed by atoms with Gasteiger partial charge in [-0.05, 0) is 17.8 Å². The highest BCUT2D eigenvalue weighted by molar-refractivity contribution is 4.77. The van der Waals surface area contributed by atoms with Crippen molar-refractivity contribution in [1.82, 2.24) is 0 Å². The Kier molecular flexibility index (Phi) is 13.6. The van der Waals surface area contributed by atoms with E-state index in [0.717, 1.165) is 5.92 Å². The summed E-state index contributed by atoms with van der Waals surface area (Å²) in [6.07, 6.45) is 20.1. The van der Waals surface area contributed by atoms with Gasteiger partial charge >= 0.3 is 0 Å². The molecular weight excluding hydrogens is 252 g/mol. The highest BCUT2D eigenvalue weighted by Gasteiger charge is 2.27. The minimum atomic E-state index is 0.591. The molecule has 0 aliphatic carbocycles. The van der Waals surface area contributed by atoms with Crippen molar-refractivity contribution >= 4 is 0 Å². The van der Waals surface area contributed by atoms with Gasteiger partial charge in [-0.15, -0.1) is 0 Å². The number of unbranched alkanes of at least 4 members (excludes halogenated alkanes) is 10. The highest BCUT2D eigenvalue weighted by atomic mass is 14.3. The van der Waals surface area contributed by atoms with Gasteiger partial charge in [-0.3, -0.25) is 0 Å². The first-order valence-electron chi connectivity index (χ1n) is 10.1. The third-order valence-electron chi connectivity index (χ3n) is 5.96. The second-order valence-corrected chi connectivity index (χ2v) is 7.60. The molecule has 21 heavy (non-hydrogen) atoms. The minimum Gasteiger partial charge on any atom is -0.0654 e. The van der Waals surface area contributed by atoms with E-state index in [2.05, 4.69) is 34.6 Å². The largest absolute Gasteiger partial charge is 0.0654 e. The molecule has 2 atom stereocenters. The zero-order valence-corrected chi connectivity index (χ0v) is 16.0. The average molecular weight is 297 g/mol. The molecule has 0 bridgehead atoms. The van der Waals surface area contributed by atoms with Crippen molar-refractivity contribution in [2.24, 2.45) is 11.3 Å². The third kappa shape index (κ3) is 10.4. The molecule has 0 heterocycles. The Hall–Kier alpha value is 0. The van der Waals surface area contributed by atoms with Gasteiger partial charge in [-0.25, -0.2) is 0 Å². The molecule has 0 amide bonds. The van der Waals surface area contributed by atoms with E-state index in [-0.39, 0.29) is 0 Å². The van der Waals surface area contributed by atoms with Crippen molar-refractivity contribution in [2.75, 3.05) is 0 Å². The van der Waals surface area contributed by atoms with Crippen molar-refractivity contribution in [3.63, 3.8) is 0 Å². The molecule has 0 spiro atoms. The summed E-state index contributed by atoms with van der Waals surface area (Å²) in [4.78, 5) is 0. The van der Waals surface area contributed by atoms with E-state index >= 15 is 0 Å². The Labute approximate surface area is 136 Å². The van der Waals surface area contributed by atoms with E-state index in [1.54, 1.807) is 0 Å². The van der Waals surface area contributed by atoms with Gasteiger partial charge in [0.1, 0.15) is 0 Å². The average Bonchev–Trinajstić information content (AvgIpc) is 2.51. The summed E-state index contributed by atoms with van der Waals surface area (Å²) in [5, 5.41) is 0. The van der Waals surface area contributed by atoms with E-state index in [1.807, 2.05) is 0 Å². The van der Waals surface area contributed by atoms with E-state index in [1.165, 1.54) is 89.9 Å². The monoisotopic (exact) mass is 296 g/mol. The van der Waals surface area contributed by atoms with Gasteiger partial charge in [0.2, 0.25) is 0 Å². The second-order valence-electron chi connectivity index (χ2n) is 7.60. The van der Waals surface area contributed by atoms with Crippen molar-refractivity contribution < 1.29 is 0 Å². The first-order chi connectivity index (χ1) is 10.1. The molecule has 0 heteroatoms. The minimum absolute atomic E-state index is 0.591. The molecule has 0 N–H and O–H groups in total. The molecule has 0 aromatic carbocycles. The predicted molar refractivity (Wildman–Crippen MR) is 98.9 cm³/mol. The van der Waals surface area contributed by atoms with Crippen LogP contribution in [0.4, 0.5) is 0 Å². The summed E-state index contributed by atoms with van der Waals surface area (Å²) in [6.45, 7) is 12.0. The Morgan fingerprint density at radius 1 is 0.667 bits per heavy atom. The van der Waals surface area contributed by atoms with Crippen LogP contribution in [0.25, 0.3) is 0 Å². The lowest BCUT2D eigenvalue weighted by molar-refractivity contribution is 0.164. The fourth-order valence-corrected chi connectivity index (χ4v) is 3.46. The lowest BCUT2D eigenvalue weighted by Crippen LogP contribution is -2.24. The van der Waals surface area contributed by atoms with Gasteiger partial charge in [0, 0.05) is 0 Å². The third-order valence-corrected chi connectivity index (χ3v) is 5.96. The predicted octanol–water partition coefficient (Wildman–Crippen LogP) is 8.15. The summed E-state index contributed by atoms with van der Waals surface area (Å²) in [6, 6.07) is 0. The number of rotatable bonds is 15. The Bertz CT molecular complexity index is 208. The summed E-state index contributed by atoms with van der Waals surface area (Å²) < 4.78 is 0. The lowest BCUT2D eigenvalue weighted by Gasteiger charge is -2.34. The maximum atomic E-state index is 2.51. The molecule has 0 fully saturated rings. The lowest BCUT2D eigenvalue weighted by atomic mass is 9.71. The molecule has 0 rings (SSSR count). The summed E-state index contributed by atoms with van der Waals surface area (Å²) in [5.74, 6) is 0.880. The Morgan fingerprint density at radius 3 is 1.48 bits per heavy atom. The normalized spacial score (nSPS) is 15.9. The van der Waals surface area contributed by atoms with Crippen LogP contribution in [0.5, 0.6) is 0 Å². The van der Waals surface area contributed by atoms with Gasteiger partial charge in [0.05, 0.1) is 0 Å². The zero-order valence-electron chi connectivity index (χ0n) is 16.0. The molecule has 0 saturated heterocycles. The smallest absolute Gasteiger partial charge is 0.0303 e. The van der Waals surface area contributed by atoms with Gasteiger partial charge < -0.3 is 0 Å². The van der Waals surface area contributed by atoms with Crippen LogP contribution in [0.2, 0.25) is 0 Å². The van der Waals surface area contributed by atoms with Crippen molar-refractivity contribution in [2.45, 2.75) is 125 Å². The van der Waals surface area contributed by atoms with E-state index in [9.17, 15) is 0 Å². The van der Waals surface area contributed by atoms with Crippen LogP contribution >= 0.6 is 0 Å². The standard InChI is InChI=1S/C21H44/c1-6-9-10-11-12-13-14-15-16-17-18-19-21(5,8-3)20(4)7-2/h20H,6-19H2,1-5H3. The van der Waals surface area contributed by atoms with Crippen LogP contribution in [-0.4, -0.2) is 0 Å². The van der Waals surface area contributed by atoms with Gasteiger partial charge in [0.15, 0.2) is 0 Å². The highest BCUT2D eigenvalue weighted by Crippen LogP contribution is 2.38. The van der Waals surface area contributed by atoms with Crippen LogP contribution in [0.3, 0.4) is 0 Å².